The Balaban J connectivity index is 1.36. The molecule has 0 atom stereocenters. The van der Waals surface area contributed by atoms with Crippen molar-refractivity contribution in [1.82, 2.24) is 9.80 Å². The highest BCUT2D eigenvalue weighted by Crippen LogP contribution is 2.21. The molecule has 1 amide bonds. The molecule has 9 heteroatoms. The van der Waals surface area contributed by atoms with E-state index < -0.39 is 10.0 Å². The molecule has 0 spiro atoms. The lowest BCUT2D eigenvalue weighted by Gasteiger charge is -2.34. The quantitative estimate of drug-likeness (QED) is 0.601. The minimum Gasteiger partial charge on any atom is -0.336 e. The number of carbonyl (C=O) groups excluding carboxylic acids is 1. The topological polar surface area (TPSA) is 93.5 Å². The number of sulfonamides is 1. The Kier molecular flexibility index (Phi) is 6.55. The van der Waals surface area contributed by atoms with Crippen LogP contribution in [-0.2, 0) is 16.6 Å². The van der Waals surface area contributed by atoms with Gasteiger partial charge in [-0.05, 0) is 47.3 Å². The van der Waals surface area contributed by atoms with Crippen LogP contribution in [0.25, 0.3) is 0 Å². The summed E-state index contributed by atoms with van der Waals surface area (Å²) in [4.78, 5) is 17.1. The van der Waals surface area contributed by atoms with Crippen LogP contribution in [-0.4, -0.2) is 50.3 Å². The molecule has 1 saturated heterocycles. The van der Waals surface area contributed by atoms with Crippen LogP contribution < -0.4 is 4.72 Å². The second-order valence-corrected chi connectivity index (χ2v) is 10.4. The number of amides is 1. The van der Waals surface area contributed by atoms with E-state index >= 15 is 0 Å². The first-order chi connectivity index (χ1) is 15.4. The number of rotatable bonds is 6. The van der Waals surface area contributed by atoms with Crippen LogP contribution in [0.3, 0.4) is 0 Å². The van der Waals surface area contributed by atoms with Crippen LogP contribution in [0.5, 0.6) is 0 Å². The minimum atomic E-state index is -3.66. The summed E-state index contributed by atoms with van der Waals surface area (Å²) in [5.74, 6) is -0.111. The van der Waals surface area contributed by atoms with Gasteiger partial charge in [0.2, 0.25) is 0 Å². The van der Waals surface area contributed by atoms with Crippen LogP contribution in [0.2, 0.25) is 0 Å². The van der Waals surface area contributed by atoms with Crippen LogP contribution in [0.15, 0.2) is 70.3 Å². The Labute approximate surface area is 191 Å². The maximum absolute atomic E-state index is 13.0. The molecule has 4 rings (SSSR count). The second-order valence-electron chi connectivity index (χ2n) is 7.50. The fourth-order valence-corrected chi connectivity index (χ4v) is 5.61. The van der Waals surface area contributed by atoms with Gasteiger partial charge in [0.25, 0.3) is 15.9 Å². The Hall–Kier alpha value is -3.19. The number of nitrogens with one attached hydrogen (secondary N) is 1. The van der Waals surface area contributed by atoms with E-state index in [-0.39, 0.29) is 10.1 Å². The zero-order valence-electron chi connectivity index (χ0n) is 17.3. The maximum atomic E-state index is 13.0. The van der Waals surface area contributed by atoms with E-state index in [0.717, 1.165) is 36.5 Å². The Morgan fingerprint density at radius 3 is 2.44 bits per heavy atom. The Morgan fingerprint density at radius 1 is 1.03 bits per heavy atom. The molecule has 1 aliphatic heterocycles. The Bertz CT molecular complexity index is 1230. The molecule has 164 valence electrons. The van der Waals surface area contributed by atoms with Crippen molar-refractivity contribution in [2.45, 2.75) is 10.8 Å². The van der Waals surface area contributed by atoms with Gasteiger partial charge in [-0.15, -0.1) is 11.3 Å². The smallest absolute Gasteiger partial charge is 0.271 e. The second kappa shape index (κ2) is 9.53. The van der Waals surface area contributed by atoms with Crippen molar-refractivity contribution in [3.8, 4) is 6.07 Å². The normalized spacial score (nSPS) is 14.7. The van der Waals surface area contributed by atoms with Gasteiger partial charge in [0.1, 0.15) is 4.21 Å². The third-order valence-electron chi connectivity index (χ3n) is 5.27. The van der Waals surface area contributed by atoms with Crippen LogP contribution in [0.1, 0.15) is 21.5 Å². The van der Waals surface area contributed by atoms with E-state index in [1.165, 1.54) is 0 Å². The molecule has 0 bridgehead atoms. The monoisotopic (exact) mass is 466 g/mol. The zero-order chi connectivity index (χ0) is 22.6. The van der Waals surface area contributed by atoms with Gasteiger partial charge in [-0.3, -0.25) is 14.4 Å². The average Bonchev–Trinajstić information content (AvgIpc) is 3.36. The molecule has 3 aromatic rings. The molecule has 1 N–H and O–H groups in total. The SMILES string of the molecule is N#Cc1ccc(CN2CCN(C(=O)c3cccc(NS(=O)(=O)c4cccs4)c3)CC2)cc1. The maximum Gasteiger partial charge on any atom is 0.271 e. The standard InChI is InChI=1S/C23H22N4O3S2/c24-16-18-6-8-19(9-7-18)17-26-10-12-27(13-11-26)23(28)20-3-1-4-21(15-20)25-32(29,30)22-5-2-14-31-22/h1-9,14-15,25H,10-13,17H2. The van der Waals surface area contributed by atoms with Crippen molar-refractivity contribution in [3.63, 3.8) is 0 Å². The van der Waals surface area contributed by atoms with E-state index in [1.54, 1.807) is 46.7 Å². The van der Waals surface area contributed by atoms with E-state index in [9.17, 15) is 13.2 Å². The number of nitriles is 1. The van der Waals surface area contributed by atoms with Crippen LogP contribution in [0.4, 0.5) is 5.69 Å². The third-order valence-corrected chi connectivity index (χ3v) is 8.05. The summed E-state index contributed by atoms with van der Waals surface area (Å²) in [5.41, 5.74) is 2.60. The molecule has 0 saturated carbocycles. The van der Waals surface area contributed by atoms with Crippen LogP contribution in [0, 0.1) is 11.3 Å². The molecule has 0 aliphatic carbocycles. The van der Waals surface area contributed by atoms with Gasteiger partial charge in [0.05, 0.1) is 11.6 Å². The van der Waals surface area contributed by atoms with Crippen molar-refractivity contribution >= 4 is 33.0 Å². The first-order valence-electron chi connectivity index (χ1n) is 10.1. The van der Waals surface area contributed by atoms with Gasteiger partial charge in [-0.2, -0.15) is 5.26 Å². The average molecular weight is 467 g/mol. The summed E-state index contributed by atoms with van der Waals surface area (Å²) < 4.78 is 27.7. The van der Waals surface area contributed by atoms with Gasteiger partial charge in [-0.1, -0.05) is 24.3 Å². The number of anilines is 1. The van der Waals surface area contributed by atoms with Gasteiger partial charge >= 0.3 is 0 Å². The summed E-state index contributed by atoms with van der Waals surface area (Å²) in [7, 11) is -3.66. The highest BCUT2D eigenvalue weighted by atomic mass is 32.2. The molecule has 1 aromatic heterocycles. The number of benzene rings is 2. The van der Waals surface area contributed by atoms with E-state index in [2.05, 4.69) is 15.7 Å². The Morgan fingerprint density at radius 2 is 1.78 bits per heavy atom. The molecule has 2 aromatic carbocycles. The van der Waals surface area contributed by atoms with Crippen molar-refractivity contribution in [1.29, 1.82) is 5.26 Å². The number of hydrogen-bond acceptors (Lipinski definition) is 6. The first kappa shape index (κ1) is 22.0. The predicted octanol–water partition coefficient (Wildman–Crippen LogP) is 3.38. The van der Waals surface area contributed by atoms with Gasteiger partial charge in [0.15, 0.2) is 0 Å². The van der Waals surface area contributed by atoms with Gasteiger partial charge in [-0.25, -0.2) is 8.42 Å². The molecule has 0 unspecified atom stereocenters. The fourth-order valence-electron chi connectivity index (χ4n) is 3.57. The lowest BCUT2D eigenvalue weighted by atomic mass is 10.1. The molecular weight excluding hydrogens is 444 g/mol. The summed E-state index contributed by atoms with van der Waals surface area (Å²) in [5, 5.41) is 10.6. The van der Waals surface area contributed by atoms with Crippen LogP contribution >= 0.6 is 11.3 Å². The lowest BCUT2D eigenvalue weighted by molar-refractivity contribution is 0.0628. The molecule has 32 heavy (non-hydrogen) atoms. The minimum absolute atomic E-state index is 0.111. The van der Waals surface area contributed by atoms with Crippen molar-refractivity contribution < 1.29 is 13.2 Å². The molecular formula is C23H22N4O3S2. The van der Waals surface area contributed by atoms with Crippen molar-refractivity contribution in [2.75, 3.05) is 30.9 Å². The zero-order valence-corrected chi connectivity index (χ0v) is 18.9. The van der Waals surface area contributed by atoms with Crippen molar-refractivity contribution in [2.24, 2.45) is 0 Å². The molecule has 0 radical (unpaired) electrons. The van der Waals surface area contributed by atoms with Crippen molar-refractivity contribution in [3.05, 3.63) is 82.7 Å². The summed E-state index contributed by atoms with van der Waals surface area (Å²) in [6, 6.07) is 19.5. The first-order valence-corrected chi connectivity index (χ1v) is 12.5. The molecule has 2 heterocycles. The largest absolute Gasteiger partial charge is 0.336 e. The lowest BCUT2D eigenvalue weighted by Crippen LogP contribution is -2.48. The molecule has 1 fully saturated rings. The third kappa shape index (κ3) is 5.16. The number of nitrogens with zero attached hydrogens (tertiary/aromatic N) is 3. The summed E-state index contributed by atoms with van der Waals surface area (Å²) in [6.07, 6.45) is 0. The van der Waals surface area contributed by atoms with E-state index in [0.29, 0.717) is 29.9 Å². The van der Waals surface area contributed by atoms with Gasteiger partial charge < -0.3 is 4.90 Å². The molecule has 1 aliphatic rings. The number of hydrogen-bond donors (Lipinski definition) is 1. The summed E-state index contributed by atoms with van der Waals surface area (Å²) in [6.45, 7) is 3.46. The fraction of sp³-hybridized carbons (Fsp3) is 0.217. The van der Waals surface area contributed by atoms with E-state index in [1.807, 2.05) is 24.3 Å². The van der Waals surface area contributed by atoms with Gasteiger partial charge in [0, 0.05) is 44.0 Å². The highest BCUT2D eigenvalue weighted by Gasteiger charge is 2.23. The number of piperazine rings is 1. The number of thiophene rings is 1. The number of carbonyl (C=O) groups is 1. The molecule has 7 nitrogen and oxygen atoms in total. The highest BCUT2D eigenvalue weighted by molar-refractivity contribution is 7.94. The van der Waals surface area contributed by atoms with E-state index in [4.69, 9.17) is 5.26 Å². The predicted molar refractivity (Wildman–Crippen MR) is 124 cm³/mol. The summed E-state index contributed by atoms with van der Waals surface area (Å²) >= 11 is 1.14.